The standard InChI is InChI=1S/C43H34Cl4N4O3/c1-50-23-32(27-14-18-29(44)19-15-27)41(43(50)31-10-5-6-13-35(31)48-40(43)53)24-51(22-26-8-3-2-4-9-26)25-42(39(41)52)37(28-16-20-30(45)21-17-28)38(49-54-42)36-33(46)11-7-12-34(36)47/h2-21,32,37H,22-25H2,1H3,(H,48,53)/t32-,37+,41+,42+,43+/m0/s1. The molecule has 2 fully saturated rings. The van der Waals surface area contributed by atoms with Crippen molar-refractivity contribution < 1.29 is 14.4 Å². The van der Waals surface area contributed by atoms with E-state index in [0.29, 0.717) is 50.1 Å². The maximum Gasteiger partial charge on any atom is 0.250 e. The molecular weight excluding hydrogens is 762 g/mol. The zero-order valence-electron chi connectivity index (χ0n) is 29.1. The van der Waals surface area contributed by atoms with Gasteiger partial charge in [0.15, 0.2) is 5.78 Å². The number of oxime groups is 1. The van der Waals surface area contributed by atoms with Crippen LogP contribution in [0.2, 0.25) is 20.1 Å². The third-order valence-electron chi connectivity index (χ3n) is 11.9. The highest BCUT2D eigenvalue weighted by molar-refractivity contribution is 6.41. The molecule has 0 unspecified atom stereocenters. The van der Waals surface area contributed by atoms with E-state index >= 15 is 9.59 Å². The van der Waals surface area contributed by atoms with Crippen molar-refractivity contribution in [2.24, 2.45) is 10.6 Å². The van der Waals surface area contributed by atoms with Gasteiger partial charge in [0.05, 0.1) is 21.4 Å². The van der Waals surface area contributed by atoms with Gasteiger partial charge >= 0.3 is 0 Å². The van der Waals surface area contributed by atoms with Crippen LogP contribution >= 0.6 is 46.4 Å². The molecule has 4 aliphatic heterocycles. The van der Waals surface area contributed by atoms with E-state index in [1.54, 1.807) is 30.3 Å². The predicted molar refractivity (Wildman–Crippen MR) is 214 cm³/mol. The number of nitrogens with zero attached hydrogens (tertiary/aromatic N) is 3. The fourth-order valence-electron chi connectivity index (χ4n) is 9.84. The van der Waals surface area contributed by atoms with Gasteiger partial charge in [-0.1, -0.05) is 130 Å². The van der Waals surface area contributed by atoms with Crippen molar-refractivity contribution in [3.63, 3.8) is 0 Å². The summed E-state index contributed by atoms with van der Waals surface area (Å²) in [6.07, 6.45) is 0. The smallest absolute Gasteiger partial charge is 0.250 e. The molecule has 0 aliphatic carbocycles. The van der Waals surface area contributed by atoms with E-state index in [1.807, 2.05) is 85.9 Å². The first-order valence-corrected chi connectivity index (χ1v) is 19.3. The third kappa shape index (κ3) is 5.06. The van der Waals surface area contributed by atoms with Crippen LogP contribution in [0.1, 0.15) is 39.7 Å². The van der Waals surface area contributed by atoms with E-state index in [4.69, 9.17) is 56.4 Å². The highest BCUT2D eigenvalue weighted by Crippen LogP contribution is 2.66. The lowest BCUT2D eigenvalue weighted by atomic mass is 9.52. The third-order valence-corrected chi connectivity index (χ3v) is 13.0. The molecule has 7 nitrogen and oxygen atoms in total. The van der Waals surface area contributed by atoms with Crippen molar-refractivity contribution >= 4 is 69.5 Å². The molecule has 0 saturated carbocycles. The number of likely N-dealkylation sites (tertiary alicyclic amines) is 2. The number of ketones is 1. The van der Waals surface area contributed by atoms with Crippen molar-refractivity contribution in [2.45, 2.75) is 29.5 Å². The van der Waals surface area contributed by atoms with Crippen LogP contribution in [0.25, 0.3) is 0 Å². The van der Waals surface area contributed by atoms with Gasteiger partial charge < -0.3 is 10.2 Å². The molecule has 5 aromatic rings. The van der Waals surface area contributed by atoms with Crippen LogP contribution in [-0.4, -0.2) is 59.5 Å². The minimum absolute atomic E-state index is 0.168. The van der Waals surface area contributed by atoms with Crippen molar-refractivity contribution in [3.05, 3.63) is 169 Å². The second-order valence-corrected chi connectivity index (χ2v) is 16.4. The number of Topliss-reactive ketones (excluding diaryl/α,β-unsaturated/α-hetero) is 1. The molecule has 0 radical (unpaired) electrons. The fourth-order valence-corrected chi connectivity index (χ4v) is 10.7. The number of benzene rings is 5. The number of rotatable bonds is 5. The van der Waals surface area contributed by atoms with Gasteiger partial charge in [0.1, 0.15) is 11.3 Å². The predicted octanol–water partition coefficient (Wildman–Crippen LogP) is 9.21. The van der Waals surface area contributed by atoms with Gasteiger partial charge in [-0.25, -0.2) is 0 Å². The number of para-hydroxylation sites is 1. The summed E-state index contributed by atoms with van der Waals surface area (Å²) < 4.78 is 0. The van der Waals surface area contributed by atoms with Crippen LogP contribution in [-0.2, 0) is 26.5 Å². The minimum atomic E-state index is -1.64. The Balaban J connectivity index is 1.35. The Kier molecular flexibility index (Phi) is 8.69. The number of hydrogen-bond acceptors (Lipinski definition) is 6. The molecule has 272 valence electrons. The van der Waals surface area contributed by atoms with Crippen LogP contribution in [0.15, 0.2) is 126 Å². The van der Waals surface area contributed by atoms with Gasteiger partial charge in [0.2, 0.25) is 5.60 Å². The highest BCUT2D eigenvalue weighted by atomic mass is 35.5. The maximum atomic E-state index is 16.7. The first-order chi connectivity index (χ1) is 26.1. The average Bonchev–Trinajstić information content (AvgIpc) is 3.77. The Morgan fingerprint density at radius 1 is 0.759 bits per heavy atom. The number of anilines is 1. The Morgan fingerprint density at radius 2 is 1.39 bits per heavy atom. The van der Waals surface area contributed by atoms with E-state index < -0.39 is 28.4 Å². The quantitative estimate of drug-likeness (QED) is 0.192. The lowest BCUT2D eigenvalue weighted by Gasteiger charge is -2.55. The average molecular weight is 797 g/mol. The molecule has 5 aromatic carbocycles. The Hall–Kier alpha value is -4.21. The Morgan fingerprint density at radius 3 is 2.07 bits per heavy atom. The molecule has 2 saturated heterocycles. The summed E-state index contributed by atoms with van der Waals surface area (Å²) in [5.74, 6) is -1.74. The second kappa shape index (κ2) is 13.2. The molecule has 4 heterocycles. The van der Waals surface area contributed by atoms with Gasteiger partial charge in [-0.3, -0.25) is 19.4 Å². The summed E-state index contributed by atoms with van der Waals surface area (Å²) in [6, 6.07) is 38.0. The topological polar surface area (TPSA) is 74.2 Å². The van der Waals surface area contributed by atoms with E-state index in [-0.39, 0.29) is 24.8 Å². The summed E-state index contributed by atoms with van der Waals surface area (Å²) in [4.78, 5) is 42.9. The number of halogens is 4. The lowest BCUT2D eigenvalue weighted by Crippen LogP contribution is -2.73. The van der Waals surface area contributed by atoms with Crippen LogP contribution in [0.5, 0.6) is 0 Å². The SMILES string of the molecule is CN1C[C@@H](c2ccc(Cl)cc2)[C@@]2(CN(Cc3ccccc3)C[C@]3(ON=C(c4c(Cl)cccc4Cl)[C@H]3c3ccc(Cl)cc3)C2=O)[C@@]12C(=O)Nc1ccccc12. The zero-order valence-corrected chi connectivity index (χ0v) is 32.1. The normalized spacial score (nSPS) is 27.8. The van der Waals surface area contributed by atoms with E-state index in [0.717, 1.165) is 22.3 Å². The van der Waals surface area contributed by atoms with E-state index in [9.17, 15) is 0 Å². The van der Waals surface area contributed by atoms with Crippen LogP contribution < -0.4 is 5.32 Å². The zero-order chi connectivity index (χ0) is 37.4. The fraction of sp³-hybridized carbons (Fsp3) is 0.233. The number of likely N-dealkylation sites (N-methyl/N-ethyl adjacent to an activating group) is 1. The molecule has 1 amide bonds. The highest BCUT2D eigenvalue weighted by Gasteiger charge is 2.79. The molecule has 3 spiro atoms. The van der Waals surface area contributed by atoms with E-state index in [1.165, 1.54) is 0 Å². The minimum Gasteiger partial charge on any atom is -0.378 e. The summed E-state index contributed by atoms with van der Waals surface area (Å²) in [5, 5.41) is 9.82. The van der Waals surface area contributed by atoms with Crippen molar-refractivity contribution in [3.8, 4) is 0 Å². The van der Waals surface area contributed by atoms with Crippen LogP contribution in [0.4, 0.5) is 5.69 Å². The Bertz CT molecular complexity index is 2320. The van der Waals surface area contributed by atoms with Gasteiger partial charge in [-0.15, -0.1) is 0 Å². The molecule has 11 heteroatoms. The molecule has 54 heavy (non-hydrogen) atoms. The van der Waals surface area contributed by atoms with Crippen molar-refractivity contribution in [1.29, 1.82) is 0 Å². The second-order valence-electron chi connectivity index (χ2n) is 14.7. The number of nitrogens with one attached hydrogen (secondary N) is 1. The number of amides is 1. The largest absolute Gasteiger partial charge is 0.378 e. The summed E-state index contributed by atoms with van der Waals surface area (Å²) >= 11 is 26.7. The van der Waals surface area contributed by atoms with Gasteiger partial charge in [-0.05, 0) is 66.2 Å². The van der Waals surface area contributed by atoms with Crippen LogP contribution in [0, 0.1) is 5.41 Å². The molecule has 4 aliphatic rings. The van der Waals surface area contributed by atoms with E-state index in [2.05, 4.69) is 27.2 Å². The molecule has 0 bridgehead atoms. The summed E-state index contributed by atoms with van der Waals surface area (Å²) in [5.41, 5.74) is 0.536. The van der Waals surface area contributed by atoms with Gasteiger partial charge in [0.25, 0.3) is 5.91 Å². The monoisotopic (exact) mass is 794 g/mol. The first-order valence-electron chi connectivity index (χ1n) is 17.7. The summed E-state index contributed by atoms with van der Waals surface area (Å²) in [6.45, 7) is 1.30. The molecule has 1 N–H and O–H groups in total. The number of carbonyl (C=O) groups is 2. The maximum absolute atomic E-state index is 16.7. The Labute approximate surface area is 333 Å². The van der Waals surface area contributed by atoms with Gasteiger partial charge in [-0.2, -0.15) is 0 Å². The van der Waals surface area contributed by atoms with Crippen molar-refractivity contribution in [2.75, 3.05) is 32.0 Å². The summed E-state index contributed by atoms with van der Waals surface area (Å²) in [7, 11) is 1.94. The molecule has 5 atom stereocenters. The first kappa shape index (κ1) is 35.5. The number of carbonyl (C=O) groups excluding carboxylic acids is 2. The number of fused-ring (bicyclic) bond motifs is 3. The molecular formula is C43H34Cl4N4O3. The van der Waals surface area contributed by atoms with Crippen molar-refractivity contribution in [1.82, 2.24) is 9.80 Å². The lowest BCUT2D eigenvalue weighted by molar-refractivity contribution is -0.180. The number of piperidine rings is 1. The molecule has 0 aromatic heterocycles. The number of hydrogen-bond donors (Lipinski definition) is 1. The van der Waals surface area contributed by atoms with Gasteiger partial charge in [0, 0.05) is 59.0 Å². The molecule has 9 rings (SSSR count). The van der Waals surface area contributed by atoms with Crippen LogP contribution in [0.3, 0.4) is 0 Å².